The topological polar surface area (TPSA) is 21.3 Å². The van der Waals surface area contributed by atoms with Crippen LogP contribution in [0.15, 0.2) is 12.1 Å². The van der Waals surface area contributed by atoms with E-state index in [1.807, 2.05) is 13.0 Å². The first-order valence-corrected chi connectivity index (χ1v) is 5.77. The van der Waals surface area contributed by atoms with Gasteiger partial charge in [-0.2, -0.15) is 0 Å². The Kier molecular flexibility index (Phi) is 3.44. The van der Waals surface area contributed by atoms with Gasteiger partial charge < -0.3 is 10.1 Å². The summed E-state index contributed by atoms with van der Waals surface area (Å²) in [6, 6.07) is 3.82. The Morgan fingerprint density at radius 1 is 1.50 bits per heavy atom. The average Bonchev–Trinajstić information content (AvgIpc) is 2.75. The van der Waals surface area contributed by atoms with Crippen molar-refractivity contribution in [3.8, 4) is 5.75 Å². The molecule has 88 valence electrons. The molecule has 2 nitrogen and oxygen atoms in total. The monoisotopic (exact) mass is 223 g/mol. The average molecular weight is 223 g/mol. The Balaban J connectivity index is 2.17. The predicted octanol–water partition coefficient (Wildman–Crippen LogP) is 2.44. The van der Waals surface area contributed by atoms with Crippen LogP contribution in [0.5, 0.6) is 5.75 Å². The number of halogens is 1. The van der Waals surface area contributed by atoms with Crippen LogP contribution in [-0.2, 0) is 6.42 Å². The van der Waals surface area contributed by atoms with Crippen LogP contribution in [0.25, 0.3) is 0 Å². The van der Waals surface area contributed by atoms with E-state index >= 15 is 0 Å². The van der Waals surface area contributed by atoms with E-state index in [9.17, 15) is 4.39 Å². The molecule has 1 aliphatic heterocycles. The lowest BCUT2D eigenvalue weighted by Gasteiger charge is -2.13. The van der Waals surface area contributed by atoms with Crippen molar-refractivity contribution in [3.63, 3.8) is 0 Å². The van der Waals surface area contributed by atoms with Crippen molar-refractivity contribution in [1.29, 1.82) is 0 Å². The van der Waals surface area contributed by atoms with Crippen LogP contribution in [0.2, 0.25) is 0 Å². The van der Waals surface area contributed by atoms with Crippen LogP contribution in [-0.4, -0.2) is 19.7 Å². The first-order valence-electron chi connectivity index (χ1n) is 5.77. The molecule has 0 aliphatic carbocycles. The van der Waals surface area contributed by atoms with Crippen LogP contribution in [0.3, 0.4) is 0 Å². The lowest BCUT2D eigenvalue weighted by molar-refractivity contribution is 0.407. The summed E-state index contributed by atoms with van der Waals surface area (Å²) in [5, 5.41) is 3.38. The predicted molar refractivity (Wildman–Crippen MR) is 62.4 cm³/mol. The van der Waals surface area contributed by atoms with Crippen LogP contribution in [0.1, 0.15) is 24.0 Å². The molecule has 0 saturated carbocycles. The molecule has 0 radical (unpaired) electrons. The molecule has 1 aromatic carbocycles. The standard InChI is InChI=1S/C13H18FNO/c1-9-6-10(7-11-4-3-5-15-11)12(14)8-13(9)16-2/h6,8,11,15H,3-5,7H2,1-2H3. The number of hydrogen-bond acceptors (Lipinski definition) is 2. The molecule has 1 aromatic rings. The highest BCUT2D eigenvalue weighted by molar-refractivity contribution is 5.37. The van der Waals surface area contributed by atoms with Crippen LogP contribution in [0, 0.1) is 12.7 Å². The molecule has 0 spiro atoms. The van der Waals surface area contributed by atoms with Gasteiger partial charge >= 0.3 is 0 Å². The number of hydrogen-bond donors (Lipinski definition) is 1. The third-order valence-electron chi connectivity index (χ3n) is 3.19. The molecule has 1 unspecified atom stereocenters. The third kappa shape index (κ3) is 2.35. The summed E-state index contributed by atoms with van der Waals surface area (Å²) in [5.41, 5.74) is 1.79. The van der Waals surface area contributed by atoms with Gasteiger partial charge in [-0.3, -0.25) is 0 Å². The van der Waals surface area contributed by atoms with E-state index in [1.54, 1.807) is 7.11 Å². The van der Waals surface area contributed by atoms with Crippen molar-refractivity contribution in [1.82, 2.24) is 5.32 Å². The van der Waals surface area contributed by atoms with Gasteiger partial charge in [0.2, 0.25) is 0 Å². The minimum atomic E-state index is -0.156. The molecule has 1 saturated heterocycles. The molecule has 1 heterocycles. The fourth-order valence-electron chi connectivity index (χ4n) is 2.30. The maximum atomic E-state index is 13.8. The van der Waals surface area contributed by atoms with Gasteiger partial charge in [-0.15, -0.1) is 0 Å². The Morgan fingerprint density at radius 2 is 2.31 bits per heavy atom. The SMILES string of the molecule is COc1cc(F)c(CC2CCCN2)cc1C. The van der Waals surface area contributed by atoms with Crippen LogP contribution < -0.4 is 10.1 Å². The number of methoxy groups -OCH3 is 1. The van der Waals surface area contributed by atoms with Gasteiger partial charge in [0, 0.05) is 12.1 Å². The summed E-state index contributed by atoms with van der Waals surface area (Å²) in [4.78, 5) is 0. The molecule has 1 aliphatic rings. The van der Waals surface area contributed by atoms with E-state index in [4.69, 9.17) is 4.74 Å². The lowest BCUT2D eigenvalue weighted by Crippen LogP contribution is -2.24. The second-order valence-corrected chi connectivity index (χ2v) is 4.41. The number of nitrogens with one attached hydrogen (secondary N) is 1. The summed E-state index contributed by atoms with van der Waals surface area (Å²) >= 11 is 0. The van der Waals surface area contributed by atoms with Gasteiger partial charge in [-0.1, -0.05) is 0 Å². The van der Waals surface area contributed by atoms with Gasteiger partial charge in [0.25, 0.3) is 0 Å². The molecular formula is C13H18FNO. The second-order valence-electron chi connectivity index (χ2n) is 4.41. The fourth-order valence-corrected chi connectivity index (χ4v) is 2.30. The highest BCUT2D eigenvalue weighted by atomic mass is 19.1. The molecule has 0 amide bonds. The minimum absolute atomic E-state index is 0.156. The first-order chi connectivity index (χ1) is 7.70. The van der Waals surface area contributed by atoms with Crippen molar-refractivity contribution in [2.75, 3.05) is 13.7 Å². The molecular weight excluding hydrogens is 205 g/mol. The normalized spacial score (nSPS) is 20.1. The summed E-state index contributed by atoms with van der Waals surface area (Å²) in [5.74, 6) is 0.469. The highest BCUT2D eigenvalue weighted by Gasteiger charge is 2.17. The summed E-state index contributed by atoms with van der Waals surface area (Å²) in [7, 11) is 1.57. The van der Waals surface area contributed by atoms with Crippen LogP contribution in [0.4, 0.5) is 4.39 Å². The van der Waals surface area contributed by atoms with Crippen LogP contribution >= 0.6 is 0 Å². The van der Waals surface area contributed by atoms with E-state index in [-0.39, 0.29) is 5.82 Å². The van der Waals surface area contributed by atoms with Gasteiger partial charge in [0.05, 0.1) is 7.11 Å². The Labute approximate surface area is 95.8 Å². The molecule has 1 N–H and O–H groups in total. The van der Waals surface area contributed by atoms with Crippen molar-refractivity contribution in [2.24, 2.45) is 0 Å². The maximum absolute atomic E-state index is 13.8. The number of ether oxygens (including phenoxy) is 1. The Bertz CT molecular complexity index is 372. The Morgan fingerprint density at radius 3 is 2.94 bits per heavy atom. The van der Waals surface area contributed by atoms with Gasteiger partial charge in [0.15, 0.2) is 0 Å². The number of benzene rings is 1. The number of rotatable bonds is 3. The summed E-state index contributed by atoms with van der Waals surface area (Å²) in [6.07, 6.45) is 3.11. The fraction of sp³-hybridized carbons (Fsp3) is 0.538. The second kappa shape index (κ2) is 4.83. The third-order valence-corrected chi connectivity index (χ3v) is 3.19. The van der Waals surface area contributed by atoms with Crippen molar-refractivity contribution in [3.05, 3.63) is 29.1 Å². The largest absolute Gasteiger partial charge is 0.496 e. The van der Waals surface area contributed by atoms with Gasteiger partial charge in [-0.05, 0) is 49.9 Å². The number of aryl methyl sites for hydroxylation is 1. The molecule has 1 atom stereocenters. The molecule has 0 bridgehead atoms. The van der Waals surface area contributed by atoms with Gasteiger partial charge in [-0.25, -0.2) is 4.39 Å². The van der Waals surface area contributed by atoms with E-state index < -0.39 is 0 Å². The molecule has 1 fully saturated rings. The van der Waals surface area contributed by atoms with Gasteiger partial charge in [0.1, 0.15) is 11.6 Å². The first kappa shape index (κ1) is 11.4. The zero-order valence-corrected chi connectivity index (χ0v) is 9.85. The van der Waals surface area contributed by atoms with Crippen molar-refractivity contribution in [2.45, 2.75) is 32.2 Å². The zero-order valence-electron chi connectivity index (χ0n) is 9.85. The smallest absolute Gasteiger partial charge is 0.130 e. The van der Waals surface area contributed by atoms with Crippen molar-refractivity contribution >= 4 is 0 Å². The van der Waals surface area contributed by atoms with E-state index in [2.05, 4.69) is 5.32 Å². The zero-order chi connectivity index (χ0) is 11.5. The van der Waals surface area contributed by atoms with E-state index in [0.717, 1.165) is 30.5 Å². The Hall–Kier alpha value is -1.09. The maximum Gasteiger partial charge on any atom is 0.130 e. The van der Waals surface area contributed by atoms with Crippen molar-refractivity contribution < 1.29 is 9.13 Å². The quantitative estimate of drug-likeness (QED) is 0.849. The molecule has 3 heteroatoms. The summed E-state index contributed by atoms with van der Waals surface area (Å²) in [6.45, 7) is 3.01. The molecule has 0 aromatic heterocycles. The minimum Gasteiger partial charge on any atom is -0.496 e. The molecule has 2 rings (SSSR count). The molecule has 16 heavy (non-hydrogen) atoms. The highest BCUT2D eigenvalue weighted by Crippen LogP contribution is 2.23. The van der Waals surface area contributed by atoms with E-state index in [0.29, 0.717) is 11.8 Å². The lowest BCUT2D eigenvalue weighted by atomic mass is 10.0. The summed E-state index contributed by atoms with van der Waals surface area (Å²) < 4.78 is 18.9. The van der Waals surface area contributed by atoms with E-state index in [1.165, 1.54) is 12.5 Å².